The lowest BCUT2D eigenvalue weighted by Crippen LogP contribution is -2.35. The Kier molecular flexibility index (Phi) is 4.72. The molecule has 28 heavy (non-hydrogen) atoms. The average molecular weight is 403 g/mol. The Labute approximate surface area is 161 Å². The van der Waals surface area contributed by atoms with E-state index in [9.17, 15) is 22.4 Å². The first kappa shape index (κ1) is 18.7. The third-order valence-electron chi connectivity index (χ3n) is 5.06. The van der Waals surface area contributed by atoms with E-state index in [1.165, 1.54) is 18.3 Å². The summed E-state index contributed by atoms with van der Waals surface area (Å²) >= 11 is 0. The molecule has 4 rings (SSSR count). The SMILES string of the molecule is O=C1c2cccnc2C(=O)N1Cc1ccc(F)cc1S(=O)(=O)NC1CCCC1. The number of rotatable bonds is 5. The number of carbonyl (C=O) groups excluding carboxylic acids is 2. The van der Waals surface area contributed by atoms with Gasteiger partial charge in [0.1, 0.15) is 11.5 Å². The Morgan fingerprint density at radius 1 is 1.14 bits per heavy atom. The van der Waals surface area contributed by atoms with E-state index >= 15 is 0 Å². The Morgan fingerprint density at radius 2 is 1.89 bits per heavy atom. The molecule has 1 aromatic heterocycles. The molecule has 0 atom stereocenters. The summed E-state index contributed by atoms with van der Waals surface area (Å²) in [5.74, 6) is -1.86. The number of nitrogens with zero attached hydrogens (tertiary/aromatic N) is 2. The van der Waals surface area contributed by atoms with Crippen LogP contribution >= 0.6 is 0 Å². The van der Waals surface area contributed by atoms with Gasteiger partial charge in [0.2, 0.25) is 10.0 Å². The normalized spacial score (nSPS) is 17.4. The van der Waals surface area contributed by atoms with Crippen molar-refractivity contribution in [2.75, 3.05) is 0 Å². The van der Waals surface area contributed by atoms with Gasteiger partial charge in [-0.2, -0.15) is 0 Å². The minimum Gasteiger partial charge on any atom is -0.268 e. The second-order valence-electron chi connectivity index (χ2n) is 6.95. The molecule has 1 fully saturated rings. The van der Waals surface area contributed by atoms with Crippen molar-refractivity contribution in [3.05, 3.63) is 59.2 Å². The smallest absolute Gasteiger partial charge is 0.268 e. The zero-order chi connectivity index (χ0) is 19.9. The molecule has 2 amide bonds. The summed E-state index contributed by atoms with van der Waals surface area (Å²) in [4.78, 5) is 29.7. The maximum absolute atomic E-state index is 13.8. The van der Waals surface area contributed by atoms with E-state index in [-0.39, 0.29) is 34.3 Å². The van der Waals surface area contributed by atoms with Crippen molar-refractivity contribution < 1.29 is 22.4 Å². The van der Waals surface area contributed by atoms with Crippen molar-refractivity contribution in [2.24, 2.45) is 0 Å². The predicted molar refractivity (Wildman–Crippen MR) is 97.4 cm³/mol. The number of carbonyl (C=O) groups is 2. The second-order valence-corrected chi connectivity index (χ2v) is 8.63. The maximum Gasteiger partial charge on any atom is 0.280 e. The van der Waals surface area contributed by atoms with Crippen molar-refractivity contribution in [3.63, 3.8) is 0 Å². The van der Waals surface area contributed by atoms with E-state index < -0.39 is 27.7 Å². The molecule has 0 bridgehead atoms. The number of nitrogens with one attached hydrogen (secondary N) is 1. The van der Waals surface area contributed by atoms with Gasteiger partial charge in [-0.05, 0) is 42.7 Å². The highest BCUT2D eigenvalue weighted by Gasteiger charge is 2.37. The summed E-state index contributed by atoms with van der Waals surface area (Å²) in [5, 5.41) is 0. The van der Waals surface area contributed by atoms with Crippen LogP contribution < -0.4 is 4.72 Å². The first-order valence-corrected chi connectivity index (χ1v) is 10.5. The maximum atomic E-state index is 13.8. The van der Waals surface area contributed by atoms with Gasteiger partial charge in [0, 0.05) is 12.2 Å². The third kappa shape index (κ3) is 3.31. The molecule has 1 N–H and O–H groups in total. The topological polar surface area (TPSA) is 96.4 Å². The van der Waals surface area contributed by atoms with Crippen LogP contribution in [-0.2, 0) is 16.6 Å². The third-order valence-corrected chi connectivity index (χ3v) is 6.66. The van der Waals surface area contributed by atoms with Gasteiger partial charge in [-0.3, -0.25) is 19.5 Å². The fraction of sp³-hybridized carbons (Fsp3) is 0.316. The zero-order valence-corrected chi connectivity index (χ0v) is 15.7. The molecule has 0 spiro atoms. The van der Waals surface area contributed by atoms with Gasteiger partial charge < -0.3 is 0 Å². The number of fused-ring (bicyclic) bond motifs is 1. The standard InChI is InChI=1S/C19H18FN3O4S/c20-13-8-7-12(16(10-13)28(26,27)22-14-4-1-2-5-14)11-23-18(24)15-6-3-9-21-17(15)19(23)25/h3,6-10,14,22H,1-2,4-5,11H2. The van der Waals surface area contributed by atoms with Gasteiger partial charge in [-0.1, -0.05) is 18.9 Å². The van der Waals surface area contributed by atoms with E-state index in [2.05, 4.69) is 9.71 Å². The summed E-state index contributed by atoms with van der Waals surface area (Å²) in [5.41, 5.74) is 0.368. The molecule has 1 aliphatic carbocycles. The monoisotopic (exact) mass is 403 g/mol. The quantitative estimate of drug-likeness (QED) is 0.773. The Bertz CT molecular complexity index is 1030. The average Bonchev–Trinajstić information content (AvgIpc) is 3.25. The summed E-state index contributed by atoms with van der Waals surface area (Å²) in [6.45, 7) is -0.283. The van der Waals surface area contributed by atoms with Crippen molar-refractivity contribution in [3.8, 4) is 0 Å². The number of halogens is 1. The molecule has 1 saturated carbocycles. The summed E-state index contributed by atoms with van der Waals surface area (Å²) in [6.07, 6.45) is 4.74. The van der Waals surface area contributed by atoms with Crippen LogP contribution in [-0.4, -0.2) is 36.2 Å². The second kappa shape index (κ2) is 7.06. The van der Waals surface area contributed by atoms with E-state index in [1.54, 1.807) is 6.07 Å². The van der Waals surface area contributed by atoms with Gasteiger partial charge >= 0.3 is 0 Å². The van der Waals surface area contributed by atoms with Gasteiger partial charge in [-0.25, -0.2) is 17.5 Å². The molecule has 2 aromatic rings. The molecule has 7 nitrogen and oxygen atoms in total. The molecule has 1 aromatic carbocycles. The van der Waals surface area contributed by atoms with Gasteiger partial charge in [-0.15, -0.1) is 0 Å². The number of aromatic nitrogens is 1. The van der Waals surface area contributed by atoms with Crippen LogP contribution in [0.4, 0.5) is 4.39 Å². The first-order chi connectivity index (χ1) is 13.4. The number of hydrogen-bond acceptors (Lipinski definition) is 5. The highest BCUT2D eigenvalue weighted by atomic mass is 32.2. The van der Waals surface area contributed by atoms with E-state index in [0.717, 1.165) is 42.7 Å². The highest BCUT2D eigenvalue weighted by molar-refractivity contribution is 7.89. The molecule has 0 unspecified atom stereocenters. The van der Waals surface area contributed by atoms with Crippen LogP contribution in [0.3, 0.4) is 0 Å². The van der Waals surface area contributed by atoms with Crippen molar-refractivity contribution in [1.82, 2.24) is 14.6 Å². The molecule has 146 valence electrons. The van der Waals surface area contributed by atoms with Crippen molar-refractivity contribution in [2.45, 2.75) is 43.2 Å². The van der Waals surface area contributed by atoms with Crippen LogP contribution in [0.15, 0.2) is 41.4 Å². The number of benzene rings is 1. The Morgan fingerprint density at radius 3 is 2.61 bits per heavy atom. The van der Waals surface area contributed by atoms with E-state index in [1.807, 2.05) is 0 Å². The lowest BCUT2D eigenvalue weighted by molar-refractivity contribution is 0.0639. The van der Waals surface area contributed by atoms with Gasteiger partial charge in [0.15, 0.2) is 0 Å². The molecular weight excluding hydrogens is 385 g/mol. The van der Waals surface area contributed by atoms with Gasteiger partial charge in [0.05, 0.1) is 17.0 Å². The Hall–Kier alpha value is -2.65. The number of imide groups is 1. The molecule has 2 aliphatic rings. The van der Waals surface area contributed by atoms with Gasteiger partial charge in [0.25, 0.3) is 11.8 Å². The van der Waals surface area contributed by atoms with Crippen LogP contribution in [0, 0.1) is 5.82 Å². The van der Waals surface area contributed by atoms with Crippen molar-refractivity contribution in [1.29, 1.82) is 0 Å². The molecular formula is C19H18FN3O4S. The van der Waals surface area contributed by atoms with Crippen LogP contribution in [0.1, 0.15) is 52.1 Å². The number of sulfonamides is 1. The fourth-order valence-corrected chi connectivity index (χ4v) is 5.21. The van der Waals surface area contributed by atoms with Crippen LogP contribution in [0.2, 0.25) is 0 Å². The van der Waals surface area contributed by atoms with E-state index in [4.69, 9.17) is 0 Å². The van der Waals surface area contributed by atoms with Crippen LogP contribution in [0.5, 0.6) is 0 Å². The molecule has 0 saturated heterocycles. The van der Waals surface area contributed by atoms with Crippen LogP contribution in [0.25, 0.3) is 0 Å². The zero-order valence-electron chi connectivity index (χ0n) is 14.9. The number of pyridine rings is 1. The molecule has 0 radical (unpaired) electrons. The molecule has 2 heterocycles. The first-order valence-electron chi connectivity index (χ1n) is 8.99. The molecule has 9 heteroatoms. The summed E-state index contributed by atoms with van der Waals surface area (Å²) in [6, 6.07) is 6.17. The number of hydrogen-bond donors (Lipinski definition) is 1. The van der Waals surface area contributed by atoms with Crippen molar-refractivity contribution >= 4 is 21.8 Å². The van der Waals surface area contributed by atoms with E-state index in [0.29, 0.717) is 0 Å². The summed E-state index contributed by atoms with van der Waals surface area (Å²) < 4.78 is 42.1. The number of amides is 2. The largest absolute Gasteiger partial charge is 0.280 e. The Balaban J connectivity index is 1.66. The highest BCUT2D eigenvalue weighted by Crippen LogP contribution is 2.27. The lowest BCUT2D eigenvalue weighted by Gasteiger charge is -2.18. The fourth-order valence-electron chi connectivity index (χ4n) is 3.66. The minimum atomic E-state index is -4.00. The summed E-state index contributed by atoms with van der Waals surface area (Å²) in [7, 11) is -4.00. The lowest BCUT2D eigenvalue weighted by atomic mass is 10.2. The predicted octanol–water partition coefficient (Wildman–Crippen LogP) is 2.24. The molecule has 1 aliphatic heterocycles. The minimum absolute atomic E-state index is 0.0306.